The lowest BCUT2D eigenvalue weighted by atomic mass is 9.44. The molecule has 4 fully saturated rings. The topological polar surface area (TPSA) is 37.3 Å². The van der Waals surface area contributed by atoms with Crippen LogP contribution in [0.15, 0.2) is 0 Å². The average Bonchev–Trinajstić information content (AvgIpc) is 3.03. The highest BCUT2D eigenvalue weighted by Crippen LogP contribution is 2.67. The minimum Gasteiger partial charge on any atom is -0.393 e. The number of alkyl halides is 8. The minimum absolute atomic E-state index is 0.00950. The number of rotatable bonds is 5. The zero-order valence-corrected chi connectivity index (χ0v) is 23.7. The normalized spacial score (nSPS) is 42.5. The number of aliphatic hydroxyl groups excluding tert-OH is 1. The first-order chi connectivity index (χ1) is 16.8. The summed E-state index contributed by atoms with van der Waals surface area (Å²) in [7, 11) is 0. The molecule has 0 amide bonds. The van der Waals surface area contributed by atoms with Gasteiger partial charge in [0.25, 0.3) is 5.67 Å². The maximum atomic E-state index is 14.3. The van der Waals surface area contributed by atoms with Gasteiger partial charge in [-0.3, -0.25) is 4.79 Å². The Balaban J connectivity index is 1.50. The number of halogens is 8. The van der Waals surface area contributed by atoms with Crippen molar-refractivity contribution >= 4 is 28.4 Å². The van der Waals surface area contributed by atoms with Gasteiger partial charge in [-0.1, -0.05) is 43.4 Å². The molecule has 37 heavy (non-hydrogen) atoms. The Hall–Kier alpha value is -0.130. The molecule has 2 nitrogen and oxygen atoms in total. The molecule has 0 aromatic heterocycles. The summed E-state index contributed by atoms with van der Waals surface area (Å²) in [4.78, 5) is 13.5. The van der Waals surface area contributed by atoms with E-state index in [4.69, 9.17) is 0 Å². The van der Waals surface area contributed by atoms with Crippen LogP contribution in [-0.4, -0.2) is 38.9 Å². The van der Waals surface area contributed by atoms with Crippen LogP contribution >= 0.6 is 22.6 Å². The van der Waals surface area contributed by atoms with Crippen molar-refractivity contribution in [2.45, 2.75) is 113 Å². The van der Waals surface area contributed by atoms with E-state index in [9.17, 15) is 40.6 Å². The van der Waals surface area contributed by atoms with Crippen molar-refractivity contribution in [3.63, 3.8) is 0 Å². The lowest BCUT2D eigenvalue weighted by molar-refractivity contribution is -0.343. The van der Waals surface area contributed by atoms with Gasteiger partial charge < -0.3 is 5.11 Å². The van der Waals surface area contributed by atoms with E-state index in [0.29, 0.717) is 11.8 Å². The number of aliphatic hydroxyl groups is 1. The molecule has 1 N–H and O–H groups in total. The molecule has 10 atom stereocenters. The quantitative estimate of drug-likeness (QED) is 0.184. The molecule has 4 saturated carbocycles. The largest absolute Gasteiger partial charge is 0.431 e. The van der Waals surface area contributed by atoms with Crippen LogP contribution in [0.1, 0.15) is 85.0 Å². The fourth-order valence-corrected chi connectivity index (χ4v) is 10.7. The monoisotopic (exact) mass is 654 g/mol. The summed E-state index contributed by atoms with van der Waals surface area (Å²) in [6.07, 6.45) is -7.60. The number of Topliss-reactive ketones (excluding diaryl/α,β-unsaturated/α-hetero) is 1. The molecule has 4 aliphatic rings. The average molecular weight is 654 g/mol. The summed E-state index contributed by atoms with van der Waals surface area (Å²) >= 11 is 1.51. The van der Waals surface area contributed by atoms with E-state index in [1.165, 1.54) is 22.6 Å². The second-order valence-corrected chi connectivity index (χ2v) is 14.9. The maximum Gasteiger partial charge on any atom is 0.431 e. The first-order valence-corrected chi connectivity index (χ1v) is 14.8. The Morgan fingerprint density at radius 2 is 1.57 bits per heavy atom. The molecule has 4 rings (SSSR count). The van der Waals surface area contributed by atoms with Crippen LogP contribution in [-0.2, 0) is 4.79 Å². The van der Waals surface area contributed by atoms with Crippen LogP contribution in [0.2, 0.25) is 0 Å². The van der Waals surface area contributed by atoms with E-state index < -0.39 is 28.4 Å². The molecule has 0 aliphatic heterocycles. The first kappa shape index (κ1) is 29.8. The zero-order valence-electron chi connectivity index (χ0n) is 21.6. The van der Waals surface area contributed by atoms with E-state index in [1.54, 1.807) is 6.92 Å². The number of hydrogen-bond acceptors (Lipinski definition) is 2. The third-order valence-electron chi connectivity index (χ3n) is 11.2. The van der Waals surface area contributed by atoms with Crippen LogP contribution in [0.25, 0.3) is 0 Å². The number of carbonyl (C=O) groups excluding carboxylic acids is 1. The molecule has 0 unspecified atom stereocenters. The van der Waals surface area contributed by atoms with Crippen molar-refractivity contribution in [2.75, 3.05) is 0 Å². The van der Waals surface area contributed by atoms with E-state index >= 15 is 0 Å². The third kappa shape index (κ3) is 4.88. The molecular weight excluding hydrogens is 616 g/mol. The molecule has 0 heterocycles. The summed E-state index contributed by atoms with van der Waals surface area (Å²) in [6, 6.07) is 0. The molecule has 0 saturated heterocycles. The van der Waals surface area contributed by atoms with Gasteiger partial charge >= 0.3 is 12.4 Å². The molecule has 10 heteroatoms. The SMILES string of the molecule is C[C@H](C[C@@H](I)CC(F)(C(F)(F)F)C(F)(F)F)[C@H]1CC(=O)[C@H]2[C@@H]3CC[C@H]4C[C@@H](O)CC[C@]4(C)[C@H]3CC[C@]12C. The summed E-state index contributed by atoms with van der Waals surface area (Å²) < 4.78 is 91.8. The highest BCUT2D eigenvalue weighted by atomic mass is 127. The Kier molecular flexibility index (Phi) is 7.87. The van der Waals surface area contributed by atoms with E-state index in [-0.39, 0.29) is 59.2 Å². The van der Waals surface area contributed by atoms with E-state index in [1.807, 2.05) is 0 Å². The standard InChI is InChI=1S/C27H38F7IO2/c1-14(10-16(35)13-25(28,26(29,30)31)27(32,33)34)20-12-21(37)22-18-5-4-15-11-17(36)6-8-23(15,2)19(18)7-9-24(20,22)3/h14-20,22,36H,4-13H2,1-3H3/t14-,15+,16-,17+,18-,19+,20-,22-,23+,24-/m1/s1. The Labute approximate surface area is 228 Å². The summed E-state index contributed by atoms with van der Waals surface area (Å²) in [6.45, 7) is 6.20. The fourth-order valence-electron chi connectivity index (χ4n) is 9.27. The Morgan fingerprint density at radius 1 is 0.973 bits per heavy atom. The van der Waals surface area contributed by atoms with Crippen LogP contribution < -0.4 is 0 Å². The van der Waals surface area contributed by atoms with Gasteiger partial charge in [0.2, 0.25) is 0 Å². The van der Waals surface area contributed by atoms with Crippen molar-refractivity contribution in [3.8, 4) is 0 Å². The second-order valence-electron chi connectivity index (χ2n) is 13.1. The number of carbonyl (C=O) groups is 1. The Bertz CT molecular complexity index is 862. The number of hydrogen-bond donors (Lipinski definition) is 1. The molecule has 0 aromatic rings. The lowest BCUT2D eigenvalue weighted by Crippen LogP contribution is -2.55. The molecule has 0 spiro atoms. The van der Waals surface area contributed by atoms with Gasteiger partial charge in [-0.25, -0.2) is 4.39 Å². The van der Waals surface area contributed by atoms with Crippen molar-refractivity contribution in [3.05, 3.63) is 0 Å². The van der Waals surface area contributed by atoms with Crippen molar-refractivity contribution in [1.29, 1.82) is 0 Å². The van der Waals surface area contributed by atoms with Gasteiger partial charge in [0.1, 0.15) is 5.78 Å². The van der Waals surface area contributed by atoms with Crippen LogP contribution in [0.3, 0.4) is 0 Å². The second kappa shape index (κ2) is 9.75. The van der Waals surface area contributed by atoms with E-state index in [2.05, 4.69) is 13.8 Å². The summed E-state index contributed by atoms with van der Waals surface area (Å²) in [5, 5.41) is 10.2. The van der Waals surface area contributed by atoms with Crippen LogP contribution in [0.5, 0.6) is 0 Å². The molecule has 0 bridgehead atoms. The van der Waals surface area contributed by atoms with Crippen LogP contribution in [0, 0.1) is 46.3 Å². The molecular formula is C27H38F7IO2. The van der Waals surface area contributed by atoms with Gasteiger partial charge in [0, 0.05) is 22.7 Å². The van der Waals surface area contributed by atoms with Gasteiger partial charge in [-0.05, 0) is 91.8 Å². The predicted molar refractivity (Wildman–Crippen MR) is 134 cm³/mol. The van der Waals surface area contributed by atoms with Crippen molar-refractivity contribution in [2.24, 2.45) is 46.3 Å². The summed E-state index contributed by atoms with van der Waals surface area (Å²) in [5.41, 5.74) is -5.52. The number of fused-ring (bicyclic) bond motifs is 5. The first-order valence-electron chi connectivity index (χ1n) is 13.5. The molecule has 214 valence electrons. The van der Waals surface area contributed by atoms with Crippen molar-refractivity contribution in [1.82, 2.24) is 0 Å². The van der Waals surface area contributed by atoms with Crippen molar-refractivity contribution < 1.29 is 40.6 Å². The smallest absolute Gasteiger partial charge is 0.393 e. The fraction of sp³-hybridized carbons (Fsp3) is 0.963. The molecule has 4 aliphatic carbocycles. The van der Waals surface area contributed by atoms with Crippen LogP contribution in [0.4, 0.5) is 30.7 Å². The van der Waals surface area contributed by atoms with Gasteiger partial charge in [0.05, 0.1) is 6.10 Å². The molecule has 0 radical (unpaired) electrons. The predicted octanol–water partition coefficient (Wildman–Crippen LogP) is 8.24. The lowest BCUT2D eigenvalue weighted by Gasteiger charge is -2.60. The highest BCUT2D eigenvalue weighted by molar-refractivity contribution is 14.1. The van der Waals surface area contributed by atoms with Gasteiger partial charge in [-0.2, -0.15) is 26.3 Å². The summed E-state index contributed by atoms with van der Waals surface area (Å²) in [5.74, 6) is 0.620. The highest BCUT2D eigenvalue weighted by Gasteiger charge is 2.72. The number of ketones is 1. The minimum atomic E-state index is -6.04. The Morgan fingerprint density at radius 3 is 2.16 bits per heavy atom. The van der Waals surface area contributed by atoms with E-state index in [0.717, 1.165) is 44.9 Å². The van der Waals surface area contributed by atoms with Gasteiger partial charge in [-0.15, -0.1) is 0 Å². The third-order valence-corrected chi connectivity index (χ3v) is 12.1. The zero-order chi connectivity index (χ0) is 27.8. The molecule has 0 aromatic carbocycles. The maximum absolute atomic E-state index is 14.3. The van der Waals surface area contributed by atoms with Gasteiger partial charge in [0.15, 0.2) is 0 Å².